The predicted octanol–water partition coefficient (Wildman–Crippen LogP) is 6.01. The second-order valence-electron chi connectivity index (χ2n) is 11.0. The van der Waals surface area contributed by atoms with Gasteiger partial charge in [0.1, 0.15) is 16.9 Å². The van der Waals surface area contributed by atoms with Gasteiger partial charge in [-0.15, -0.1) is 0 Å². The minimum atomic E-state index is -3.70. The summed E-state index contributed by atoms with van der Waals surface area (Å²) >= 11 is 0. The molecule has 0 saturated heterocycles. The molecule has 0 aliphatic heterocycles. The van der Waals surface area contributed by atoms with Gasteiger partial charge in [0.2, 0.25) is 25.9 Å². The van der Waals surface area contributed by atoms with Crippen LogP contribution in [0.3, 0.4) is 0 Å². The van der Waals surface area contributed by atoms with Crippen molar-refractivity contribution >= 4 is 59.4 Å². The zero-order chi connectivity index (χ0) is 33.0. The Morgan fingerprint density at radius 1 is 0.826 bits per heavy atom. The number of rotatable bonds is 8. The van der Waals surface area contributed by atoms with Crippen LogP contribution < -0.4 is 14.3 Å². The Labute approximate surface area is 266 Å². The number of aromatic nitrogens is 1. The summed E-state index contributed by atoms with van der Waals surface area (Å²) in [6.45, 7) is 1.96. The lowest BCUT2D eigenvalue weighted by Crippen LogP contribution is -2.25. The van der Waals surface area contributed by atoms with Crippen LogP contribution in [0.25, 0.3) is 56.0 Å². The number of sulfonamides is 2. The Morgan fingerprint density at radius 2 is 1.54 bits per heavy atom. The standard InChI is InChI=1S/C33H30N4O7S2/c1-19-9-11-20(12-10-19)31-30(32(38)34-2)25-17-24(27(18-28(25)43-31)37(3)46(5,41)42)21-7-6-8-22(15-21)33-35-26-14-13-23(16-29(26)44-33)36-45(4,39)40/h6-18,36H,1-5H3,(H,34,38). The molecule has 4 aromatic carbocycles. The van der Waals surface area contributed by atoms with Gasteiger partial charge in [0, 0.05) is 48.3 Å². The fourth-order valence-corrected chi connectivity index (χ4v) is 6.27. The number of oxazole rings is 1. The van der Waals surface area contributed by atoms with Crippen molar-refractivity contribution in [3.8, 4) is 33.9 Å². The third-order valence-electron chi connectivity index (χ3n) is 7.52. The number of nitrogens with zero attached hydrogens (tertiary/aromatic N) is 2. The van der Waals surface area contributed by atoms with E-state index in [1.165, 1.54) is 14.1 Å². The van der Waals surface area contributed by atoms with E-state index in [-0.39, 0.29) is 11.8 Å². The topological polar surface area (TPSA) is 152 Å². The molecule has 0 aliphatic rings. The molecule has 46 heavy (non-hydrogen) atoms. The predicted molar refractivity (Wildman–Crippen MR) is 180 cm³/mol. The van der Waals surface area contributed by atoms with Gasteiger partial charge < -0.3 is 14.2 Å². The number of hydrogen-bond acceptors (Lipinski definition) is 8. The molecule has 13 heteroatoms. The maximum Gasteiger partial charge on any atom is 0.255 e. The van der Waals surface area contributed by atoms with E-state index >= 15 is 0 Å². The zero-order valence-electron chi connectivity index (χ0n) is 25.6. The SMILES string of the molecule is CNC(=O)c1c(-c2ccc(C)cc2)oc2cc(N(C)S(C)(=O)=O)c(-c3cccc(-c4nc5ccc(NS(C)(=O)=O)cc5o4)c3)cc12. The second-order valence-corrected chi connectivity index (χ2v) is 14.8. The summed E-state index contributed by atoms with van der Waals surface area (Å²) in [5.74, 6) is 0.294. The molecule has 0 fully saturated rings. The molecular formula is C33H30N4O7S2. The molecule has 0 unspecified atom stereocenters. The van der Waals surface area contributed by atoms with E-state index in [0.717, 1.165) is 22.4 Å². The van der Waals surface area contributed by atoms with E-state index in [1.54, 1.807) is 42.5 Å². The second kappa shape index (κ2) is 11.3. The number of furan rings is 1. The van der Waals surface area contributed by atoms with Gasteiger partial charge in [-0.05, 0) is 42.8 Å². The number of benzene rings is 4. The Balaban J connectivity index is 1.54. The van der Waals surface area contributed by atoms with Crippen molar-refractivity contribution in [1.29, 1.82) is 0 Å². The number of fused-ring (bicyclic) bond motifs is 2. The highest BCUT2D eigenvalue weighted by molar-refractivity contribution is 7.92. The van der Waals surface area contributed by atoms with Gasteiger partial charge in [-0.3, -0.25) is 13.8 Å². The summed E-state index contributed by atoms with van der Waals surface area (Å²) < 4.78 is 64.8. The lowest BCUT2D eigenvalue weighted by molar-refractivity contribution is 0.0964. The van der Waals surface area contributed by atoms with Crippen LogP contribution in [0.5, 0.6) is 0 Å². The van der Waals surface area contributed by atoms with E-state index in [9.17, 15) is 21.6 Å². The van der Waals surface area contributed by atoms with Gasteiger partial charge in [0.15, 0.2) is 5.58 Å². The van der Waals surface area contributed by atoms with E-state index in [4.69, 9.17) is 8.83 Å². The molecule has 236 valence electrons. The van der Waals surface area contributed by atoms with Crippen molar-refractivity contribution < 1.29 is 30.5 Å². The third kappa shape index (κ3) is 5.94. The molecule has 0 aliphatic carbocycles. The first kappa shape index (κ1) is 30.9. The van der Waals surface area contributed by atoms with Gasteiger partial charge in [0.05, 0.1) is 29.4 Å². The summed E-state index contributed by atoms with van der Waals surface area (Å²) in [5.41, 5.74) is 5.76. The summed E-state index contributed by atoms with van der Waals surface area (Å²) in [4.78, 5) is 17.8. The van der Waals surface area contributed by atoms with Crippen molar-refractivity contribution in [2.75, 3.05) is 35.6 Å². The van der Waals surface area contributed by atoms with Crippen LogP contribution in [-0.4, -0.2) is 54.3 Å². The van der Waals surface area contributed by atoms with E-state index in [0.29, 0.717) is 67.0 Å². The Hall–Kier alpha value is -5.14. The molecule has 1 amide bonds. The fourth-order valence-electron chi connectivity index (χ4n) is 5.21. The van der Waals surface area contributed by atoms with Gasteiger partial charge in [-0.2, -0.15) is 0 Å². The Kier molecular flexibility index (Phi) is 7.61. The third-order valence-corrected chi connectivity index (χ3v) is 9.32. The molecule has 0 radical (unpaired) electrons. The lowest BCUT2D eigenvalue weighted by atomic mass is 9.97. The largest absolute Gasteiger partial charge is 0.455 e. The van der Waals surface area contributed by atoms with Crippen LogP contribution in [0.15, 0.2) is 87.7 Å². The lowest BCUT2D eigenvalue weighted by Gasteiger charge is -2.21. The molecule has 2 N–H and O–H groups in total. The first-order valence-corrected chi connectivity index (χ1v) is 17.8. The number of anilines is 2. The van der Waals surface area contributed by atoms with Crippen molar-refractivity contribution in [1.82, 2.24) is 10.3 Å². The fraction of sp³-hybridized carbons (Fsp3) is 0.152. The maximum absolute atomic E-state index is 13.3. The molecule has 0 saturated carbocycles. The highest BCUT2D eigenvalue weighted by Crippen LogP contribution is 2.42. The first-order chi connectivity index (χ1) is 21.7. The van der Waals surface area contributed by atoms with Crippen molar-refractivity contribution in [3.63, 3.8) is 0 Å². The van der Waals surface area contributed by atoms with Gasteiger partial charge in [0.25, 0.3) is 5.91 Å². The van der Waals surface area contributed by atoms with Crippen LogP contribution in [0, 0.1) is 6.92 Å². The normalized spacial score (nSPS) is 12.0. The molecule has 0 atom stereocenters. The average Bonchev–Trinajstić information content (AvgIpc) is 3.60. The quantitative estimate of drug-likeness (QED) is 0.202. The van der Waals surface area contributed by atoms with Crippen molar-refractivity contribution in [3.05, 3.63) is 90.0 Å². The zero-order valence-corrected chi connectivity index (χ0v) is 27.2. The molecule has 2 aromatic heterocycles. The van der Waals surface area contributed by atoms with Crippen LogP contribution in [0.1, 0.15) is 15.9 Å². The Bertz CT molecular complexity index is 2380. The van der Waals surface area contributed by atoms with Gasteiger partial charge in [-0.25, -0.2) is 21.8 Å². The van der Waals surface area contributed by atoms with E-state index in [2.05, 4.69) is 15.0 Å². The molecule has 6 aromatic rings. The van der Waals surface area contributed by atoms with Gasteiger partial charge >= 0.3 is 0 Å². The maximum atomic E-state index is 13.3. The number of aryl methyl sites for hydroxylation is 1. The number of carbonyl (C=O) groups excluding carboxylic acids is 1. The van der Waals surface area contributed by atoms with Crippen molar-refractivity contribution in [2.45, 2.75) is 6.92 Å². The van der Waals surface area contributed by atoms with Crippen LogP contribution >= 0.6 is 0 Å². The molecule has 0 spiro atoms. The highest BCUT2D eigenvalue weighted by atomic mass is 32.2. The summed E-state index contributed by atoms with van der Waals surface area (Å²) in [6.07, 6.45) is 2.17. The van der Waals surface area contributed by atoms with E-state index in [1.807, 2.05) is 43.3 Å². The smallest absolute Gasteiger partial charge is 0.255 e. The number of nitrogens with one attached hydrogen (secondary N) is 2. The molecule has 0 bridgehead atoms. The first-order valence-electron chi connectivity index (χ1n) is 14.0. The number of amides is 1. The number of carbonyl (C=O) groups is 1. The molecule has 11 nitrogen and oxygen atoms in total. The molecule has 2 heterocycles. The van der Waals surface area contributed by atoms with Gasteiger partial charge in [-0.1, -0.05) is 42.0 Å². The average molecular weight is 659 g/mol. The van der Waals surface area contributed by atoms with Crippen LogP contribution in [-0.2, 0) is 20.0 Å². The van der Waals surface area contributed by atoms with Crippen LogP contribution in [0.4, 0.5) is 11.4 Å². The molecular weight excluding hydrogens is 629 g/mol. The van der Waals surface area contributed by atoms with E-state index < -0.39 is 20.0 Å². The summed E-state index contributed by atoms with van der Waals surface area (Å²) in [7, 11) is -4.19. The molecule has 6 rings (SSSR count). The monoisotopic (exact) mass is 658 g/mol. The summed E-state index contributed by atoms with van der Waals surface area (Å²) in [5, 5.41) is 3.21. The number of hydrogen-bond donors (Lipinski definition) is 2. The minimum Gasteiger partial charge on any atom is -0.455 e. The minimum absolute atomic E-state index is 0.281. The Morgan fingerprint density at radius 3 is 2.22 bits per heavy atom. The summed E-state index contributed by atoms with van der Waals surface area (Å²) in [6, 6.07) is 23.0. The highest BCUT2D eigenvalue weighted by Gasteiger charge is 2.26. The van der Waals surface area contributed by atoms with Crippen molar-refractivity contribution in [2.24, 2.45) is 0 Å². The van der Waals surface area contributed by atoms with Crippen LogP contribution in [0.2, 0.25) is 0 Å².